The van der Waals surface area contributed by atoms with E-state index >= 15 is 0 Å². The Bertz CT molecular complexity index is 650. The third-order valence-electron chi connectivity index (χ3n) is 8.84. The molecule has 0 aromatic heterocycles. The molecule has 4 aliphatic rings. The van der Waals surface area contributed by atoms with Gasteiger partial charge in [-0.15, -0.1) is 0 Å². The van der Waals surface area contributed by atoms with Crippen LogP contribution in [-0.2, 0) is 14.4 Å². The monoisotopic (exact) mass is 356 g/mol. The van der Waals surface area contributed by atoms with Crippen molar-refractivity contribution in [2.45, 2.75) is 71.6 Å². The molecule has 0 radical (unpaired) electrons. The molecule has 7 atom stereocenters. The van der Waals surface area contributed by atoms with Crippen LogP contribution in [-0.4, -0.2) is 18.4 Å². The Hall–Kier alpha value is -1.25. The summed E-state index contributed by atoms with van der Waals surface area (Å²) < 4.78 is 0. The minimum Gasteiger partial charge on any atom is -0.303 e. The maximum absolute atomic E-state index is 12.4. The molecule has 3 saturated carbocycles. The topological polar surface area (TPSA) is 51.2 Å². The van der Waals surface area contributed by atoms with Crippen molar-refractivity contribution < 1.29 is 14.4 Å². The molecular weight excluding hydrogens is 324 g/mol. The van der Waals surface area contributed by atoms with E-state index < -0.39 is 5.92 Å². The van der Waals surface area contributed by atoms with Gasteiger partial charge in [0, 0.05) is 6.42 Å². The number of carbonyl (C=O) groups is 3. The Morgan fingerprint density at radius 2 is 1.96 bits per heavy atom. The van der Waals surface area contributed by atoms with E-state index in [4.69, 9.17) is 0 Å². The predicted octanol–water partition coefficient (Wildman–Crippen LogP) is 4.54. The SMILES string of the molecule is C[C@@]12CCC[C@H]1[C@@H]1[C@H](CCC=O)CC3=CC(=O)C(C=O)C[C@]3(C)[C@H]1CC2. The lowest BCUT2D eigenvalue weighted by Crippen LogP contribution is -2.53. The van der Waals surface area contributed by atoms with Crippen LogP contribution < -0.4 is 0 Å². The molecule has 3 fully saturated rings. The summed E-state index contributed by atoms with van der Waals surface area (Å²) in [5.74, 6) is 2.04. The molecule has 0 aliphatic heterocycles. The molecule has 4 rings (SSSR count). The van der Waals surface area contributed by atoms with Gasteiger partial charge in [0.05, 0.1) is 5.92 Å². The van der Waals surface area contributed by atoms with Gasteiger partial charge in [-0.05, 0) is 85.5 Å². The molecule has 3 heteroatoms. The van der Waals surface area contributed by atoms with Crippen molar-refractivity contribution in [3.63, 3.8) is 0 Å². The lowest BCUT2D eigenvalue weighted by Gasteiger charge is -2.60. The third-order valence-corrected chi connectivity index (χ3v) is 8.84. The van der Waals surface area contributed by atoms with Gasteiger partial charge in [-0.1, -0.05) is 25.8 Å². The molecule has 0 aromatic carbocycles. The zero-order valence-electron chi connectivity index (χ0n) is 16.2. The Morgan fingerprint density at radius 3 is 2.69 bits per heavy atom. The first-order chi connectivity index (χ1) is 12.4. The number of aldehydes is 2. The lowest BCUT2D eigenvalue weighted by molar-refractivity contribution is -0.129. The van der Waals surface area contributed by atoms with Crippen molar-refractivity contribution in [2.24, 2.45) is 40.4 Å². The second-order valence-corrected chi connectivity index (χ2v) is 10.0. The number of fused-ring (bicyclic) bond motifs is 5. The summed E-state index contributed by atoms with van der Waals surface area (Å²) in [4.78, 5) is 34.9. The highest BCUT2D eigenvalue weighted by molar-refractivity contribution is 6.02. The van der Waals surface area contributed by atoms with Gasteiger partial charge >= 0.3 is 0 Å². The zero-order valence-corrected chi connectivity index (χ0v) is 16.2. The van der Waals surface area contributed by atoms with Gasteiger partial charge in [0.25, 0.3) is 0 Å². The number of ketones is 1. The van der Waals surface area contributed by atoms with Crippen LogP contribution in [0.5, 0.6) is 0 Å². The summed E-state index contributed by atoms with van der Waals surface area (Å²) in [7, 11) is 0. The van der Waals surface area contributed by atoms with E-state index in [0.29, 0.717) is 36.0 Å². The third kappa shape index (κ3) is 2.57. The molecule has 1 unspecified atom stereocenters. The first kappa shape index (κ1) is 18.1. The molecule has 26 heavy (non-hydrogen) atoms. The quantitative estimate of drug-likeness (QED) is 0.549. The Kier molecular flexibility index (Phi) is 4.48. The van der Waals surface area contributed by atoms with Gasteiger partial charge in [-0.2, -0.15) is 0 Å². The highest BCUT2D eigenvalue weighted by Crippen LogP contribution is 2.67. The molecular formula is C23H32O3. The molecule has 142 valence electrons. The van der Waals surface area contributed by atoms with Crippen molar-refractivity contribution in [1.29, 1.82) is 0 Å². The predicted molar refractivity (Wildman–Crippen MR) is 100 cm³/mol. The number of hydrogen-bond donors (Lipinski definition) is 0. The van der Waals surface area contributed by atoms with Gasteiger partial charge in [0.1, 0.15) is 12.6 Å². The van der Waals surface area contributed by atoms with Crippen molar-refractivity contribution >= 4 is 18.4 Å². The zero-order chi connectivity index (χ0) is 18.5. The second-order valence-electron chi connectivity index (χ2n) is 10.0. The van der Waals surface area contributed by atoms with Gasteiger partial charge < -0.3 is 9.59 Å². The fourth-order valence-corrected chi connectivity index (χ4v) is 7.51. The Morgan fingerprint density at radius 1 is 1.15 bits per heavy atom. The maximum Gasteiger partial charge on any atom is 0.165 e. The molecule has 0 saturated heterocycles. The lowest BCUT2D eigenvalue weighted by atomic mass is 9.44. The van der Waals surface area contributed by atoms with E-state index in [1.54, 1.807) is 0 Å². The van der Waals surface area contributed by atoms with Crippen molar-refractivity contribution in [2.75, 3.05) is 0 Å². The van der Waals surface area contributed by atoms with Gasteiger partial charge in [-0.25, -0.2) is 0 Å². The van der Waals surface area contributed by atoms with Crippen LogP contribution >= 0.6 is 0 Å². The molecule has 0 N–H and O–H groups in total. The highest BCUT2D eigenvalue weighted by Gasteiger charge is 2.59. The molecule has 0 bridgehead atoms. The minimum atomic E-state index is -0.451. The standard InChI is InChI=1S/C23H32O3/c1-22-8-3-6-18(22)21-15(5-4-10-24)11-17-12-20(26)16(14-25)13-23(17,2)19(21)7-9-22/h10,12,14-16,18-19,21H,3-9,11,13H2,1-2H3/t15-,16?,18+,19+,21+,22+,23+/m1/s1. The molecule has 0 spiro atoms. The van der Waals surface area contributed by atoms with Gasteiger partial charge in [0.15, 0.2) is 5.78 Å². The fourth-order valence-electron chi connectivity index (χ4n) is 7.51. The summed E-state index contributed by atoms with van der Waals surface area (Å²) in [5, 5.41) is 0. The Labute approximate surface area is 157 Å². The van der Waals surface area contributed by atoms with Crippen LogP contribution in [0.2, 0.25) is 0 Å². The van der Waals surface area contributed by atoms with Crippen LogP contribution in [0.4, 0.5) is 0 Å². The second kappa shape index (κ2) is 6.42. The van der Waals surface area contributed by atoms with Crippen LogP contribution in [0, 0.1) is 40.4 Å². The van der Waals surface area contributed by atoms with Crippen LogP contribution in [0.1, 0.15) is 71.6 Å². The smallest absolute Gasteiger partial charge is 0.165 e. The average molecular weight is 357 g/mol. The molecule has 4 aliphatic carbocycles. The van der Waals surface area contributed by atoms with Crippen molar-refractivity contribution in [3.8, 4) is 0 Å². The van der Waals surface area contributed by atoms with Gasteiger partial charge in [0.2, 0.25) is 0 Å². The summed E-state index contributed by atoms with van der Waals surface area (Å²) in [6.07, 6.45) is 13.5. The van der Waals surface area contributed by atoms with E-state index in [9.17, 15) is 14.4 Å². The largest absolute Gasteiger partial charge is 0.303 e. The van der Waals surface area contributed by atoms with E-state index in [-0.39, 0.29) is 11.2 Å². The summed E-state index contributed by atoms with van der Waals surface area (Å²) in [5.41, 5.74) is 1.73. The first-order valence-electron chi connectivity index (χ1n) is 10.6. The normalized spacial score (nSPS) is 47.4. The highest BCUT2D eigenvalue weighted by atomic mass is 16.1. The minimum absolute atomic E-state index is 0.00146. The maximum atomic E-state index is 12.4. The fraction of sp³-hybridized carbons (Fsp3) is 0.783. The van der Waals surface area contributed by atoms with E-state index in [1.807, 2.05) is 6.08 Å². The molecule has 0 aromatic rings. The van der Waals surface area contributed by atoms with E-state index in [0.717, 1.165) is 31.3 Å². The van der Waals surface area contributed by atoms with Crippen LogP contribution in [0.15, 0.2) is 11.6 Å². The Balaban J connectivity index is 1.74. The number of rotatable bonds is 4. The van der Waals surface area contributed by atoms with Crippen LogP contribution in [0.3, 0.4) is 0 Å². The number of hydrogen-bond acceptors (Lipinski definition) is 3. The van der Waals surface area contributed by atoms with Gasteiger partial charge in [-0.3, -0.25) is 4.79 Å². The molecule has 0 heterocycles. The summed E-state index contributed by atoms with van der Waals surface area (Å²) >= 11 is 0. The summed E-state index contributed by atoms with van der Waals surface area (Å²) in [6.45, 7) is 4.82. The van der Waals surface area contributed by atoms with Crippen molar-refractivity contribution in [1.82, 2.24) is 0 Å². The van der Waals surface area contributed by atoms with Crippen molar-refractivity contribution in [3.05, 3.63) is 11.6 Å². The van der Waals surface area contributed by atoms with E-state index in [1.165, 1.54) is 37.7 Å². The number of allylic oxidation sites excluding steroid dienone is 1. The molecule has 0 amide bonds. The number of carbonyl (C=O) groups excluding carboxylic acids is 3. The van der Waals surface area contributed by atoms with E-state index in [2.05, 4.69) is 13.8 Å². The first-order valence-corrected chi connectivity index (χ1v) is 10.6. The average Bonchev–Trinajstić information content (AvgIpc) is 3.01. The molecule has 3 nitrogen and oxygen atoms in total. The summed E-state index contributed by atoms with van der Waals surface area (Å²) in [6, 6.07) is 0. The van der Waals surface area contributed by atoms with Crippen LogP contribution in [0.25, 0.3) is 0 Å².